The maximum atomic E-state index is 12.3. The van der Waals surface area contributed by atoms with Crippen molar-refractivity contribution in [1.29, 1.82) is 0 Å². The lowest BCUT2D eigenvalue weighted by atomic mass is 10.1. The summed E-state index contributed by atoms with van der Waals surface area (Å²) in [7, 11) is 1.65. The van der Waals surface area contributed by atoms with Gasteiger partial charge in [-0.3, -0.25) is 9.36 Å². The number of aryl methyl sites for hydroxylation is 2. The van der Waals surface area contributed by atoms with Gasteiger partial charge in [-0.25, -0.2) is 4.79 Å². The Morgan fingerprint density at radius 1 is 1.22 bits per heavy atom. The molecule has 1 amide bonds. The van der Waals surface area contributed by atoms with E-state index in [1.165, 1.54) is 4.57 Å². The number of amides is 1. The van der Waals surface area contributed by atoms with Crippen LogP contribution in [0.5, 0.6) is 0 Å². The normalized spacial score (nSPS) is 10.9. The third-order valence-electron chi connectivity index (χ3n) is 3.89. The van der Waals surface area contributed by atoms with E-state index in [2.05, 4.69) is 12.2 Å². The molecule has 1 aromatic heterocycles. The van der Waals surface area contributed by atoms with Crippen LogP contribution in [0.25, 0.3) is 11.1 Å². The number of para-hydroxylation sites is 1. The monoisotopic (exact) mass is 310 g/mol. The molecule has 2 aromatic carbocycles. The predicted octanol–water partition coefficient (Wildman–Crippen LogP) is 2.88. The lowest BCUT2D eigenvalue weighted by Gasteiger charge is -2.09. The van der Waals surface area contributed by atoms with E-state index in [0.717, 1.165) is 23.2 Å². The average Bonchev–Trinajstić information content (AvgIpc) is 2.83. The summed E-state index contributed by atoms with van der Waals surface area (Å²) in [6, 6.07) is 13.1. The summed E-state index contributed by atoms with van der Waals surface area (Å²) in [4.78, 5) is 23.8. The Balaban J connectivity index is 1.80. The molecule has 0 atom stereocenters. The minimum atomic E-state index is -0.404. The van der Waals surface area contributed by atoms with Gasteiger partial charge in [-0.05, 0) is 35.7 Å². The number of carbonyl (C=O) groups is 1. The van der Waals surface area contributed by atoms with E-state index in [-0.39, 0.29) is 12.3 Å². The molecular weight excluding hydrogens is 292 g/mol. The van der Waals surface area contributed by atoms with E-state index < -0.39 is 5.76 Å². The zero-order valence-corrected chi connectivity index (χ0v) is 13.1. The molecule has 0 bridgehead atoms. The highest BCUT2D eigenvalue weighted by Gasteiger charge is 2.10. The Morgan fingerprint density at radius 2 is 2.00 bits per heavy atom. The first-order chi connectivity index (χ1) is 11.1. The first-order valence-electron chi connectivity index (χ1n) is 7.54. The summed E-state index contributed by atoms with van der Waals surface area (Å²) >= 11 is 0. The zero-order chi connectivity index (χ0) is 16.4. The van der Waals surface area contributed by atoms with Crippen molar-refractivity contribution in [2.45, 2.75) is 19.8 Å². The second-order valence-corrected chi connectivity index (χ2v) is 5.46. The van der Waals surface area contributed by atoms with Crippen molar-refractivity contribution in [1.82, 2.24) is 4.57 Å². The first-order valence-corrected chi connectivity index (χ1v) is 7.54. The molecule has 3 rings (SSSR count). The molecule has 0 fully saturated rings. The fourth-order valence-corrected chi connectivity index (χ4v) is 2.61. The van der Waals surface area contributed by atoms with Gasteiger partial charge in [0.2, 0.25) is 5.91 Å². The van der Waals surface area contributed by atoms with Gasteiger partial charge in [0.05, 0.1) is 11.9 Å². The number of oxazole rings is 1. The van der Waals surface area contributed by atoms with Crippen LogP contribution in [0.1, 0.15) is 18.1 Å². The Bertz CT molecular complexity index is 921. The van der Waals surface area contributed by atoms with Crippen LogP contribution in [0.2, 0.25) is 0 Å². The number of aromatic nitrogens is 1. The van der Waals surface area contributed by atoms with E-state index in [1.54, 1.807) is 19.2 Å². The minimum absolute atomic E-state index is 0.0845. The van der Waals surface area contributed by atoms with Gasteiger partial charge < -0.3 is 9.73 Å². The number of benzene rings is 2. The van der Waals surface area contributed by atoms with Gasteiger partial charge in [0, 0.05) is 12.7 Å². The van der Waals surface area contributed by atoms with Gasteiger partial charge in [-0.2, -0.15) is 0 Å². The Kier molecular flexibility index (Phi) is 4.02. The van der Waals surface area contributed by atoms with Crippen molar-refractivity contribution in [2.75, 3.05) is 5.32 Å². The number of nitrogens with zero attached hydrogens (tertiary/aromatic N) is 1. The van der Waals surface area contributed by atoms with Gasteiger partial charge in [-0.15, -0.1) is 0 Å². The number of rotatable bonds is 4. The van der Waals surface area contributed by atoms with Crippen molar-refractivity contribution in [3.63, 3.8) is 0 Å². The van der Waals surface area contributed by atoms with Crippen LogP contribution in [0.15, 0.2) is 51.7 Å². The molecule has 1 N–H and O–H groups in total. The van der Waals surface area contributed by atoms with Crippen molar-refractivity contribution in [3.05, 3.63) is 64.1 Å². The maximum absolute atomic E-state index is 12.3. The number of hydrogen-bond acceptors (Lipinski definition) is 3. The van der Waals surface area contributed by atoms with Crippen LogP contribution < -0.4 is 11.1 Å². The molecule has 0 aliphatic heterocycles. The highest BCUT2D eigenvalue weighted by atomic mass is 16.4. The van der Waals surface area contributed by atoms with Crippen molar-refractivity contribution in [2.24, 2.45) is 7.05 Å². The minimum Gasteiger partial charge on any atom is -0.408 e. The Labute approximate surface area is 133 Å². The number of fused-ring (bicyclic) bond motifs is 1. The zero-order valence-electron chi connectivity index (χ0n) is 13.1. The summed E-state index contributed by atoms with van der Waals surface area (Å²) in [5, 5.41) is 2.95. The van der Waals surface area contributed by atoms with Crippen LogP contribution in [-0.2, 0) is 24.7 Å². The van der Waals surface area contributed by atoms with E-state index in [0.29, 0.717) is 11.1 Å². The third-order valence-corrected chi connectivity index (χ3v) is 3.89. The van der Waals surface area contributed by atoms with Crippen LogP contribution in [0.4, 0.5) is 5.69 Å². The molecule has 0 saturated heterocycles. The first kappa shape index (κ1) is 15.1. The quantitative estimate of drug-likeness (QED) is 0.806. The van der Waals surface area contributed by atoms with Crippen molar-refractivity contribution in [3.8, 4) is 0 Å². The molecule has 0 saturated carbocycles. The number of hydrogen-bond donors (Lipinski definition) is 1. The van der Waals surface area contributed by atoms with E-state index in [9.17, 15) is 9.59 Å². The smallest absolute Gasteiger partial charge is 0.408 e. The Morgan fingerprint density at radius 3 is 2.78 bits per heavy atom. The summed E-state index contributed by atoms with van der Waals surface area (Å²) in [6.07, 6.45) is 1.10. The number of carbonyl (C=O) groups excluding carboxylic acids is 1. The fraction of sp³-hybridized carbons (Fsp3) is 0.222. The van der Waals surface area contributed by atoms with Gasteiger partial charge in [0.15, 0.2) is 5.58 Å². The van der Waals surface area contributed by atoms with Crippen LogP contribution in [-0.4, -0.2) is 10.5 Å². The molecule has 3 aromatic rings. The third kappa shape index (κ3) is 3.04. The molecule has 1 heterocycles. The fourth-order valence-electron chi connectivity index (χ4n) is 2.61. The van der Waals surface area contributed by atoms with Crippen molar-refractivity contribution >= 4 is 22.7 Å². The SMILES string of the molecule is CCc1ccccc1NC(=O)Cc1ccc2oc(=O)n(C)c2c1. The summed E-state index contributed by atoms with van der Waals surface area (Å²) < 4.78 is 6.53. The van der Waals surface area contributed by atoms with E-state index >= 15 is 0 Å². The second-order valence-electron chi connectivity index (χ2n) is 5.46. The highest BCUT2D eigenvalue weighted by molar-refractivity contribution is 5.93. The lowest BCUT2D eigenvalue weighted by molar-refractivity contribution is -0.115. The summed E-state index contributed by atoms with van der Waals surface area (Å²) in [5.41, 5.74) is 4.00. The molecule has 118 valence electrons. The number of anilines is 1. The van der Waals surface area contributed by atoms with E-state index in [1.807, 2.05) is 30.3 Å². The summed E-state index contributed by atoms with van der Waals surface area (Å²) in [5.74, 6) is -0.489. The van der Waals surface area contributed by atoms with Crippen LogP contribution in [0.3, 0.4) is 0 Å². The van der Waals surface area contributed by atoms with Crippen molar-refractivity contribution < 1.29 is 9.21 Å². The second kappa shape index (κ2) is 6.12. The van der Waals surface area contributed by atoms with Crippen LogP contribution in [0, 0.1) is 0 Å². The number of nitrogens with one attached hydrogen (secondary N) is 1. The topological polar surface area (TPSA) is 64.2 Å². The molecule has 0 radical (unpaired) electrons. The molecule has 0 aliphatic carbocycles. The molecular formula is C18H18N2O3. The lowest BCUT2D eigenvalue weighted by Crippen LogP contribution is -2.15. The van der Waals surface area contributed by atoms with Gasteiger partial charge >= 0.3 is 5.76 Å². The molecule has 23 heavy (non-hydrogen) atoms. The van der Waals surface area contributed by atoms with E-state index in [4.69, 9.17) is 4.42 Å². The molecule has 0 aliphatic rings. The summed E-state index contributed by atoms with van der Waals surface area (Å²) in [6.45, 7) is 2.05. The van der Waals surface area contributed by atoms with Crippen LogP contribution >= 0.6 is 0 Å². The molecule has 0 unspecified atom stereocenters. The average molecular weight is 310 g/mol. The standard InChI is InChI=1S/C18H18N2O3/c1-3-13-6-4-5-7-14(13)19-17(21)11-12-8-9-16-15(10-12)20(2)18(22)23-16/h4-10H,3,11H2,1-2H3,(H,19,21). The highest BCUT2D eigenvalue weighted by Crippen LogP contribution is 2.17. The molecule has 5 heteroatoms. The van der Waals surface area contributed by atoms with Gasteiger partial charge in [-0.1, -0.05) is 31.2 Å². The maximum Gasteiger partial charge on any atom is 0.419 e. The molecule has 5 nitrogen and oxygen atoms in total. The van der Waals surface area contributed by atoms with Gasteiger partial charge in [0.1, 0.15) is 0 Å². The molecule has 0 spiro atoms. The van der Waals surface area contributed by atoms with Gasteiger partial charge in [0.25, 0.3) is 0 Å². The predicted molar refractivity (Wildman–Crippen MR) is 89.6 cm³/mol. The Hall–Kier alpha value is -2.82. The largest absolute Gasteiger partial charge is 0.419 e.